The van der Waals surface area contributed by atoms with Crippen molar-refractivity contribution in [2.75, 3.05) is 0 Å². The first-order chi connectivity index (χ1) is 13.8. The average Bonchev–Trinajstić information content (AvgIpc) is 2.75. The summed E-state index contributed by atoms with van der Waals surface area (Å²) >= 11 is 0. The number of benzene rings is 3. The molecule has 0 N–H and O–H groups in total. The molecular formula is C28H28. The van der Waals surface area contributed by atoms with Gasteiger partial charge in [-0.05, 0) is 66.5 Å². The van der Waals surface area contributed by atoms with Crippen molar-refractivity contribution in [3.05, 3.63) is 108 Å². The Morgan fingerprint density at radius 3 is 1.39 bits per heavy atom. The second-order valence-corrected chi connectivity index (χ2v) is 9.53. The average molecular weight is 365 g/mol. The van der Waals surface area contributed by atoms with Crippen LogP contribution in [-0.4, -0.2) is 0 Å². The minimum Gasteiger partial charge on any atom is -0.0622 e. The first-order valence-corrected chi connectivity index (χ1v) is 11.0. The van der Waals surface area contributed by atoms with E-state index in [0.29, 0.717) is 0 Å². The molecule has 4 aliphatic carbocycles. The molecule has 0 amide bonds. The van der Waals surface area contributed by atoms with Crippen LogP contribution in [0.3, 0.4) is 0 Å². The van der Waals surface area contributed by atoms with E-state index in [1.165, 1.54) is 43.2 Å². The van der Waals surface area contributed by atoms with Crippen molar-refractivity contribution in [2.24, 2.45) is 17.8 Å². The maximum absolute atomic E-state index is 2.42. The van der Waals surface area contributed by atoms with E-state index in [4.69, 9.17) is 0 Å². The number of hydrogen-bond acceptors (Lipinski definition) is 0. The lowest BCUT2D eigenvalue weighted by molar-refractivity contribution is -0.0671. The van der Waals surface area contributed by atoms with Crippen molar-refractivity contribution in [3.63, 3.8) is 0 Å². The summed E-state index contributed by atoms with van der Waals surface area (Å²) in [4.78, 5) is 0. The number of rotatable bonds is 3. The van der Waals surface area contributed by atoms with Gasteiger partial charge in [-0.1, -0.05) is 91.0 Å². The molecule has 28 heavy (non-hydrogen) atoms. The molecular weight excluding hydrogens is 336 g/mol. The molecule has 2 unspecified atom stereocenters. The van der Waals surface area contributed by atoms with Crippen molar-refractivity contribution in [1.29, 1.82) is 0 Å². The highest BCUT2D eigenvalue weighted by Gasteiger charge is 2.66. The van der Waals surface area contributed by atoms with Gasteiger partial charge in [0, 0.05) is 10.8 Å². The Balaban J connectivity index is 1.71. The Bertz CT molecular complexity index is 903. The zero-order valence-electron chi connectivity index (χ0n) is 16.4. The molecule has 0 aliphatic heterocycles. The zero-order valence-corrected chi connectivity index (χ0v) is 16.4. The molecule has 4 bridgehead atoms. The maximum atomic E-state index is 2.42. The molecule has 4 saturated carbocycles. The molecule has 0 radical (unpaired) electrons. The van der Waals surface area contributed by atoms with E-state index >= 15 is 0 Å². The van der Waals surface area contributed by atoms with Crippen LogP contribution in [0, 0.1) is 17.8 Å². The van der Waals surface area contributed by atoms with Crippen LogP contribution in [0.5, 0.6) is 0 Å². The summed E-state index contributed by atoms with van der Waals surface area (Å²) < 4.78 is 0. The third-order valence-electron chi connectivity index (χ3n) is 8.33. The molecule has 140 valence electrons. The van der Waals surface area contributed by atoms with Gasteiger partial charge in [0.25, 0.3) is 0 Å². The van der Waals surface area contributed by atoms with E-state index < -0.39 is 0 Å². The van der Waals surface area contributed by atoms with E-state index in [1.54, 1.807) is 5.56 Å². The van der Waals surface area contributed by atoms with Crippen molar-refractivity contribution in [3.8, 4) is 0 Å². The molecule has 4 aliphatic rings. The van der Waals surface area contributed by atoms with E-state index in [9.17, 15) is 0 Å². The van der Waals surface area contributed by atoms with E-state index in [1.807, 2.05) is 0 Å². The monoisotopic (exact) mass is 364 g/mol. The van der Waals surface area contributed by atoms with Crippen LogP contribution < -0.4 is 0 Å². The van der Waals surface area contributed by atoms with Gasteiger partial charge in [-0.2, -0.15) is 0 Å². The summed E-state index contributed by atoms with van der Waals surface area (Å²) in [5.41, 5.74) is 4.94. The Morgan fingerprint density at radius 1 is 0.500 bits per heavy atom. The minimum atomic E-state index is 0.0876. The molecule has 3 aromatic carbocycles. The van der Waals surface area contributed by atoms with Crippen LogP contribution >= 0.6 is 0 Å². The molecule has 0 saturated heterocycles. The standard InChI is InChI=1S/C28H28/c1-4-10-23(11-5-1)27-19-21-16-22(20-27)18-26(17-21)28(27,24-12-6-2-7-13-24)25-14-8-3-9-15-25/h1-15,21-22,26H,16-20H2. The SMILES string of the molecule is c1ccc(C23CC4CC(CC(C4)C2(c2ccccc2)c2ccccc2)C3)cc1. The van der Waals surface area contributed by atoms with Gasteiger partial charge in [0.15, 0.2) is 0 Å². The third-order valence-corrected chi connectivity index (χ3v) is 8.33. The molecule has 0 spiro atoms. The highest BCUT2D eigenvalue weighted by molar-refractivity contribution is 5.52. The Morgan fingerprint density at radius 2 is 0.929 bits per heavy atom. The fraction of sp³-hybridized carbons (Fsp3) is 0.357. The first kappa shape index (κ1) is 16.6. The topological polar surface area (TPSA) is 0 Å². The summed E-state index contributed by atoms with van der Waals surface area (Å²) in [5, 5.41) is 0. The molecule has 4 fully saturated rings. The van der Waals surface area contributed by atoms with Gasteiger partial charge in [-0.3, -0.25) is 0 Å². The van der Waals surface area contributed by atoms with Gasteiger partial charge in [0.05, 0.1) is 0 Å². The van der Waals surface area contributed by atoms with Gasteiger partial charge < -0.3 is 0 Å². The Hall–Kier alpha value is -2.34. The highest BCUT2D eigenvalue weighted by Crippen LogP contribution is 2.71. The molecule has 2 atom stereocenters. The van der Waals surface area contributed by atoms with Crippen LogP contribution in [0.2, 0.25) is 0 Å². The van der Waals surface area contributed by atoms with Crippen LogP contribution in [0.4, 0.5) is 0 Å². The molecule has 7 rings (SSSR count). The summed E-state index contributed by atoms with van der Waals surface area (Å²) in [7, 11) is 0. The van der Waals surface area contributed by atoms with E-state index in [2.05, 4.69) is 91.0 Å². The first-order valence-electron chi connectivity index (χ1n) is 11.0. The summed E-state index contributed by atoms with van der Waals surface area (Å²) in [6.07, 6.45) is 6.94. The predicted molar refractivity (Wildman–Crippen MR) is 115 cm³/mol. The van der Waals surface area contributed by atoms with Crippen molar-refractivity contribution < 1.29 is 0 Å². The molecule has 0 heterocycles. The molecule has 3 aromatic rings. The predicted octanol–water partition coefficient (Wildman–Crippen LogP) is 6.75. The Labute approximate surface area is 168 Å². The van der Waals surface area contributed by atoms with Gasteiger partial charge >= 0.3 is 0 Å². The molecule has 0 aromatic heterocycles. The van der Waals surface area contributed by atoms with Crippen molar-refractivity contribution in [2.45, 2.75) is 42.9 Å². The smallest absolute Gasteiger partial charge is 0.0327 e. The lowest BCUT2D eigenvalue weighted by atomic mass is 9.35. The van der Waals surface area contributed by atoms with Gasteiger partial charge in [0.2, 0.25) is 0 Å². The van der Waals surface area contributed by atoms with Crippen molar-refractivity contribution >= 4 is 0 Å². The van der Waals surface area contributed by atoms with Crippen LogP contribution in [0.15, 0.2) is 91.0 Å². The zero-order chi connectivity index (χ0) is 18.6. The lowest BCUT2D eigenvalue weighted by Gasteiger charge is -2.68. The molecule has 0 nitrogen and oxygen atoms in total. The van der Waals surface area contributed by atoms with Crippen LogP contribution in [0.1, 0.15) is 48.8 Å². The van der Waals surface area contributed by atoms with E-state index in [0.717, 1.165) is 17.8 Å². The minimum absolute atomic E-state index is 0.0876. The van der Waals surface area contributed by atoms with Crippen molar-refractivity contribution in [1.82, 2.24) is 0 Å². The maximum Gasteiger partial charge on any atom is 0.0327 e. The normalized spacial score (nSPS) is 32.4. The lowest BCUT2D eigenvalue weighted by Crippen LogP contribution is -2.65. The molecule has 0 heteroatoms. The Kier molecular flexibility index (Phi) is 3.60. The second kappa shape index (κ2) is 6.08. The fourth-order valence-electron chi connectivity index (χ4n) is 7.85. The third kappa shape index (κ3) is 2.07. The summed E-state index contributed by atoms with van der Waals surface area (Å²) in [5.74, 6) is 2.54. The quantitative estimate of drug-likeness (QED) is 0.482. The van der Waals surface area contributed by atoms with Gasteiger partial charge in [0.1, 0.15) is 0 Å². The van der Waals surface area contributed by atoms with E-state index in [-0.39, 0.29) is 10.8 Å². The van der Waals surface area contributed by atoms with Gasteiger partial charge in [-0.15, -0.1) is 0 Å². The largest absolute Gasteiger partial charge is 0.0622 e. The fourth-order valence-corrected chi connectivity index (χ4v) is 7.85. The van der Waals surface area contributed by atoms with Gasteiger partial charge in [-0.25, -0.2) is 0 Å². The highest BCUT2D eigenvalue weighted by atomic mass is 14.7. The second-order valence-electron chi connectivity index (χ2n) is 9.53. The summed E-state index contributed by atoms with van der Waals surface area (Å²) in [6.45, 7) is 0. The van der Waals surface area contributed by atoms with Crippen LogP contribution in [-0.2, 0) is 10.8 Å². The summed E-state index contributed by atoms with van der Waals surface area (Å²) in [6, 6.07) is 34.6. The number of hydrogen-bond donors (Lipinski definition) is 0. The van der Waals surface area contributed by atoms with Crippen LogP contribution in [0.25, 0.3) is 0 Å².